The molecule has 0 amide bonds. The van der Waals surface area contributed by atoms with E-state index in [9.17, 15) is 0 Å². The number of hydrogen-bond donors (Lipinski definition) is 0. The predicted octanol–water partition coefficient (Wildman–Crippen LogP) is 5.09. The van der Waals surface area contributed by atoms with Crippen molar-refractivity contribution in [2.45, 2.75) is 5.88 Å². The smallest absolute Gasteiger partial charge is 0.169 e. The van der Waals surface area contributed by atoms with Crippen molar-refractivity contribution in [2.24, 2.45) is 0 Å². The van der Waals surface area contributed by atoms with Crippen LogP contribution in [0, 0.1) is 0 Å². The van der Waals surface area contributed by atoms with E-state index in [4.69, 9.17) is 23.2 Å². The normalized spacial score (nSPS) is 10.8. The van der Waals surface area contributed by atoms with E-state index in [2.05, 4.69) is 26.1 Å². The molecule has 0 fully saturated rings. The van der Waals surface area contributed by atoms with E-state index in [-0.39, 0.29) is 5.88 Å². The van der Waals surface area contributed by atoms with Crippen molar-refractivity contribution >= 4 is 39.1 Å². The Morgan fingerprint density at radius 1 is 1.05 bits per heavy atom. The molecule has 0 saturated carbocycles. The van der Waals surface area contributed by atoms with E-state index in [1.165, 1.54) is 0 Å². The minimum Gasteiger partial charge on any atom is -0.278 e. The molecular formula is C15H10BrCl2N3. The summed E-state index contributed by atoms with van der Waals surface area (Å²) in [4.78, 5) is 0. The van der Waals surface area contributed by atoms with Crippen molar-refractivity contribution in [3.63, 3.8) is 0 Å². The molecule has 2 aromatic carbocycles. The Labute approximate surface area is 140 Å². The van der Waals surface area contributed by atoms with Crippen LogP contribution in [0.5, 0.6) is 0 Å². The number of benzene rings is 2. The maximum Gasteiger partial charge on any atom is 0.169 e. The number of aromatic nitrogens is 3. The third-order valence-electron chi connectivity index (χ3n) is 3.04. The van der Waals surface area contributed by atoms with E-state index in [1.807, 2.05) is 53.1 Å². The van der Waals surface area contributed by atoms with Gasteiger partial charge in [0.1, 0.15) is 0 Å². The molecule has 0 saturated heterocycles. The predicted molar refractivity (Wildman–Crippen MR) is 89.1 cm³/mol. The zero-order valence-corrected chi connectivity index (χ0v) is 13.9. The number of hydrogen-bond acceptors (Lipinski definition) is 2. The van der Waals surface area contributed by atoms with E-state index in [0.717, 1.165) is 21.5 Å². The Balaban J connectivity index is 2.22. The molecule has 3 nitrogen and oxygen atoms in total. The zero-order chi connectivity index (χ0) is 14.8. The molecule has 0 aliphatic carbocycles. The van der Waals surface area contributed by atoms with Crippen LogP contribution in [0.4, 0.5) is 0 Å². The summed E-state index contributed by atoms with van der Waals surface area (Å²) in [7, 11) is 0. The Kier molecular flexibility index (Phi) is 4.29. The summed E-state index contributed by atoms with van der Waals surface area (Å²) in [6.07, 6.45) is 0. The summed E-state index contributed by atoms with van der Waals surface area (Å²) in [6.45, 7) is 0. The summed E-state index contributed by atoms with van der Waals surface area (Å²) in [6, 6.07) is 15.5. The van der Waals surface area contributed by atoms with Gasteiger partial charge in [0.2, 0.25) is 0 Å². The Bertz CT molecular complexity index is 772. The van der Waals surface area contributed by atoms with Gasteiger partial charge in [-0.05, 0) is 46.3 Å². The van der Waals surface area contributed by atoms with Crippen LogP contribution in [-0.4, -0.2) is 14.8 Å². The molecule has 3 rings (SSSR count). The number of nitrogens with zero attached hydrogens (tertiary/aromatic N) is 3. The highest BCUT2D eigenvalue weighted by molar-refractivity contribution is 9.10. The minimum atomic E-state index is 0.285. The van der Waals surface area contributed by atoms with Crippen molar-refractivity contribution in [1.82, 2.24) is 14.8 Å². The number of para-hydroxylation sites is 1. The lowest BCUT2D eigenvalue weighted by molar-refractivity contribution is 0.953. The van der Waals surface area contributed by atoms with Gasteiger partial charge < -0.3 is 0 Å². The molecule has 0 bridgehead atoms. The van der Waals surface area contributed by atoms with E-state index in [0.29, 0.717) is 10.8 Å². The van der Waals surface area contributed by atoms with Crippen LogP contribution in [0.2, 0.25) is 5.02 Å². The molecule has 0 spiro atoms. The maximum atomic E-state index is 6.00. The van der Waals surface area contributed by atoms with Crippen molar-refractivity contribution in [3.05, 3.63) is 63.9 Å². The van der Waals surface area contributed by atoms with Crippen LogP contribution < -0.4 is 0 Å². The van der Waals surface area contributed by atoms with Crippen molar-refractivity contribution in [2.75, 3.05) is 0 Å². The lowest BCUT2D eigenvalue weighted by Crippen LogP contribution is -2.01. The van der Waals surface area contributed by atoms with Gasteiger partial charge in [0.05, 0.1) is 5.88 Å². The van der Waals surface area contributed by atoms with Crippen molar-refractivity contribution in [3.8, 4) is 17.1 Å². The van der Waals surface area contributed by atoms with Gasteiger partial charge in [-0.25, -0.2) is 0 Å². The first-order chi connectivity index (χ1) is 10.2. The molecule has 1 heterocycles. The zero-order valence-electron chi connectivity index (χ0n) is 10.8. The molecule has 106 valence electrons. The number of rotatable bonds is 3. The fourth-order valence-electron chi connectivity index (χ4n) is 2.10. The highest BCUT2D eigenvalue weighted by atomic mass is 79.9. The first-order valence-electron chi connectivity index (χ1n) is 6.22. The lowest BCUT2D eigenvalue weighted by atomic mass is 10.2. The van der Waals surface area contributed by atoms with Crippen LogP contribution in [-0.2, 0) is 5.88 Å². The first-order valence-corrected chi connectivity index (χ1v) is 7.92. The van der Waals surface area contributed by atoms with Crippen molar-refractivity contribution in [1.29, 1.82) is 0 Å². The molecule has 6 heteroatoms. The second-order valence-electron chi connectivity index (χ2n) is 4.37. The molecule has 0 unspecified atom stereocenters. The lowest BCUT2D eigenvalue weighted by Gasteiger charge is -2.10. The number of halogens is 3. The van der Waals surface area contributed by atoms with Gasteiger partial charge in [-0.3, -0.25) is 4.57 Å². The molecule has 0 radical (unpaired) electrons. The first kappa shape index (κ1) is 14.6. The van der Waals surface area contributed by atoms with Crippen LogP contribution in [0.15, 0.2) is 53.0 Å². The van der Waals surface area contributed by atoms with E-state index < -0.39 is 0 Å². The van der Waals surface area contributed by atoms with E-state index in [1.54, 1.807) is 0 Å². The Morgan fingerprint density at radius 3 is 2.48 bits per heavy atom. The third-order valence-corrected chi connectivity index (χ3v) is 4.17. The molecule has 0 atom stereocenters. The van der Waals surface area contributed by atoms with Gasteiger partial charge in [-0.1, -0.05) is 29.8 Å². The fraction of sp³-hybridized carbons (Fsp3) is 0.0667. The fourth-order valence-corrected chi connectivity index (χ4v) is 3.13. The summed E-state index contributed by atoms with van der Waals surface area (Å²) >= 11 is 15.5. The molecule has 0 N–H and O–H groups in total. The second kappa shape index (κ2) is 6.18. The van der Waals surface area contributed by atoms with E-state index >= 15 is 0 Å². The minimum absolute atomic E-state index is 0.285. The third kappa shape index (κ3) is 2.84. The van der Waals surface area contributed by atoms with Crippen molar-refractivity contribution < 1.29 is 0 Å². The van der Waals surface area contributed by atoms with Gasteiger partial charge in [0.15, 0.2) is 11.6 Å². The van der Waals surface area contributed by atoms with Crippen LogP contribution in [0.1, 0.15) is 5.82 Å². The second-order valence-corrected chi connectivity index (χ2v) is 5.93. The SMILES string of the molecule is ClCc1nnc(-c2ccc(Cl)cc2Br)n1-c1ccccc1. The monoisotopic (exact) mass is 381 g/mol. The van der Waals surface area contributed by atoms with Crippen LogP contribution >= 0.6 is 39.1 Å². The van der Waals surface area contributed by atoms with Gasteiger partial charge in [0.25, 0.3) is 0 Å². The van der Waals surface area contributed by atoms with Crippen LogP contribution in [0.25, 0.3) is 17.1 Å². The molecule has 1 aromatic heterocycles. The maximum absolute atomic E-state index is 6.00. The molecule has 0 aliphatic rings. The molecular weight excluding hydrogens is 373 g/mol. The molecule has 21 heavy (non-hydrogen) atoms. The summed E-state index contributed by atoms with van der Waals surface area (Å²) in [5.41, 5.74) is 1.88. The molecule has 0 aliphatic heterocycles. The average molecular weight is 383 g/mol. The topological polar surface area (TPSA) is 30.7 Å². The quantitative estimate of drug-likeness (QED) is 0.590. The standard InChI is InChI=1S/C15H10BrCl2N3/c16-13-8-10(18)6-7-12(13)15-20-19-14(9-17)21(15)11-4-2-1-3-5-11/h1-8H,9H2. The van der Waals surface area contributed by atoms with Gasteiger partial charge in [-0.15, -0.1) is 21.8 Å². The summed E-state index contributed by atoms with van der Waals surface area (Å²) < 4.78 is 2.81. The van der Waals surface area contributed by atoms with Gasteiger partial charge in [-0.2, -0.15) is 0 Å². The largest absolute Gasteiger partial charge is 0.278 e. The summed E-state index contributed by atoms with van der Waals surface area (Å²) in [5, 5.41) is 9.12. The Morgan fingerprint density at radius 2 is 1.81 bits per heavy atom. The van der Waals surface area contributed by atoms with Gasteiger partial charge in [0, 0.05) is 20.7 Å². The number of alkyl halides is 1. The molecule has 3 aromatic rings. The van der Waals surface area contributed by atoms with Gasteiger partial charge >= 0.3 is 0 Å². The van der Waals surface area contributed by atoms with Crippen LogP contribution in [0.3, 0.4) is 0 Å². The Hall–Kier alpha value is -1.36. The average Bonchev–Trinajstić information content (AvgIpc) is 2.92. The highest BCUT2D eigenvalue weighted by Gasteiger charge is 2.16. The summed E-state index contributed by atoms with van der Waals surface area (Å²) in [5.74, 6) is 1.70. The highest BCUT2D eigenvalue weighted by Crippen LogP contribution is 2.31.